The van der Waals surface area contributed by atoms with Crippen LogP contribution in [0.3, 0.4) is 0 Å². The van der Waals surface area contributed by atoms with Gasteiger partial charge in [-0.25, -0.2) is 0 Å². The second kappa shape index (κ2) is 12.7. The Morgan fingerprint density at radius 2 is 0.615 bits per heavy atom. The first-order valence-electron chi connectivity index (χ1n) is 13.6. The van der Waals surface area contributed by atoms with Crippen LogP contribution in [0.2, 0.25) is 0 Å². The molecule has 0 unspecified atom stereocenters. The van der Waals surface area contributed by atoms with Crippen molar-refractivity contribution in [1.29, 1.82) is 0 Å². The minimum Gasteiger partial charge on any atom is -0.368 e. The van der Waals surface area contributed by atoms with Crippen molar-refractivity contribution in [3.8, 4) is 0 Å². The molecule has 1 saturated carbocycles. The second-order valence-corrected chi connectivity index (χ2v) is 10.1. The SMILES string of the molecule is c1ccc(CO[C@@H]2[C@@H](OCc3ccccc3)[C@H](OCc3ccccc3)[C@@H]3O[C@@H]3[C@H]2OCc2ccccc2)cc1. The monoisotopic (exact) mass is 522 g/mol. The zero-order chi connectivity index (χ0) is 26.3. The van der Waals surface area contributed by atoms with Crippen molar-refractivity contribution >= 4 is 0 Å². The van der Waals surface area contributed by atoms with E-state index in [1.54, 1.807) is 0 Å². The van der Waals surface area contributed by atoms with Crippen molar-refractivity contribution in [2.75, 3.05) is 0 Å². The average Bonchev–Trinajstić information content (AvgIpc) is 3.80. The fourth-order valence-electron chi connectivity index (χ4n) is 5.24. The molecule has 1 saturated heterocycles. The summed E-state index contributed by atoms with van der Waals surface area (Å²) in [5.74, 6) is 0. The van der Waals surface area contributed by atoms with E-state index >= 15 is 0 Å². The molecule has 4 aromatic carbocycles. The molecule has 1 aliphatic carbocycles. The minimum atomic E-state index is -0.373. The molecular weight excluding hydrogens is 488 g/mol. The lowest BCUT2D eigenvalue weighted by Gasteiger charge is -2.40. The van der Waals surface area contributed by atoms with E-state index in [1.165, 1.54) is 0 Å². The Hall–Kier alpha value is -3.32. The molecule has 0 radical (unpaired) electrons. The molecule has 0 amide bonds. The lowest BCUT2D eigenvalue weighted by atomic mass is 9.88. The maximum Gasteiger partial charge on any atom is 0.116 e. The van der Waals surface area contributed by atoms with E-state index < -0.39 is 0 Å². The van der Waals surface area contributed by atoms with Crippen LogP contribution in [0.1, 0.15) is 22.3 Å². The molecule has 6 rings (SSSR count). The Kier molecular flexibility index (Phi) is 8.44. The molecule has 5 nitrogen and oxygen atoms in total. The largest absolute Gasteiger partial charge is 0.368 e. The van der Waals surface area contributed by atoms with Gasteiger partial charge in [0.25, 0.3) is 0 Å². The first-order chi connectivity index (χ1) is 19.3. The lowest BCUT2D eigenvalue weighted by molar-refractivity contribution is -0.203. The van der Waals surface area contributed by atoms with Crippen LogP contribution >= 0.6 is 0 Å². The standard InChI is InChI=1S/C34H34O5/c1-5-13-25(14-6-1)21-35-29-30(36-22-26-15-7-2-8-16-26)32(38-24-28-19-11-4-12-20-28)34-33(39-34)31(29)37-23-27-17-9-3-10-18-27/h1-20,29-34H,21-24H2/t29-,30-,31+,32+,33-,34+/m1/s1. The van der Waals surface area contributed by atoms with Gasteiger partial charge in [0.15, 0.2) is 0 Å². The molecule has 0 spiro atoms. The van der Waals surface area contributed by atoms with Gasteiger partial charge in [-0.2, -0.15) is 0 Å². The maximum absolute atomic E-state index is 6.64. The fourth-order valence-corrected chi connectivity index (χ4v) is 5.24. The average molecular weight is 523 g/mol. The third kappa shape index (κ3) is 6.64. The first kappa shape index (κ1) is 25.9. The second-order valence-electron chi connectivity index (χ2n) is 10.1. The number of hydrogen-bond donors (Lipinski definition) is 0. The Labute approximate surface area is 230 Å². The topological polar surface area (TPSA) is 49.5 Å². The summed E-state index contributed by atoms with van der Waals surface area (Å²) in [6.45, 7) is 1.85. The molecule has 5 heteroatoms. The van der Waals surface area contributed by atoms with Crippen LogP contribution in [0.15, 0.2) is 121 Å². The first-order valence-corrected chi connectivity index (χ1v) is 13.6. The van der Waals surface area contributed by atoms with Crippen LogP contribution in [0.5, 0.6) is 0 Å². The fraction of sp³-hybridized carbons (Fsp3) is 0.294. The molecule has 4 aromatic rings. The highest BCUT2D eigenvalue weighted by Gasteiger charge is 2.63. The predicted octanol–water partition coefficient (Wildman–Crippen LogP) is 6.11. The molecule has 2 aliphatic rings. The van der Waals surface area contributed by atoms with E-state index in [0.29, 0.717) is 26.4 Å². The highest BCUT2D eigenvalue weighted by molar-refractivity contribution is 5.18. The van der Waals surface area contributed by atoms with Gasteiger partial charge >= 0.3 is 0 Å². The van der Waals surface area contributed by atoms with Gasteiger partial charge in [0.1, 0.15) is 36.6 Å². The third-order valence-electron chi connectivity index (χ3n) is 7.32. The van der Waals surface area contributed by atoms with Gasteiger partial charge in [-0.1, -0.05) is 121 Å². The summed E-state index contributed by atoms with van der Waals surface area (Å²) in [5, 5.41) is 0. The molecule has 39 heavy (non-hydrogen) atoms. The van der Waals surface area contributed by atoms with Crippen molar-refractivity contribution in [2.24, 2.45) is 0 Å². The van der Waals surface area contributed by atoms with Gasteiger partial charge < -0.3 is 23.7 Å². The predicted molar refractivity (Wildman–Crippen MR) is 149 cm³/mol. The van der Waals surface area contributed by atoms with Crippen molar-refractivity contribution < 1.29 is 23.7 Å². The maximum atomic E-state index is 6.64. The molecular formula is C34H34O5. The summed E-state index contributed by atoms with van der Waals surface area (Å²) >= 11 is 0. The summed E-state index contributed by atoms with van der Waals surface area (Å²) in [6.07, 6.45) is -1.52. The van der Waals surface area contributed by atoms with Crippen molar-refractivity contribution in [3.63, 3.8) is 0 Å². The van der Waals surface area contributed by atoms with Crippen LogP contribution in [0.25, 0.3) is 0 Å². The van der Waals surface area contributed by atoms with Gasteiger partial charge in [0.05, 0.1) is 26.4 Å². The van der Waals surface area contributed by atoms with E-state index in [-0.39, 0.29) is 36.6 Å². The van der Waals surface area contributed by atoms with Crippen molar-refractivity contribution in [1.82, 2.24) is 0 Å². The molecule has 0 aromatic heterocycles. The van der Waals surface area contributed by atoms with Crippen LogP contribution < -0.4 is 0 Å². The molecule has 1 aliphatic heterocycles. The minimum absolute atomic E-state index is 0.105. The van der Waals surface area contributed by atoms with Gasteiger partial charge in [-0.15, -0.1) is 0 Å². The number of benzene rings is 4. The van der Waals surface area contributed by atoms with Gasteiger partial charge in [-0.3, -0.25) is 0 Å². The highest BCUT2D eigenvalue weighted by atomic mass is 16.7. The summed E-state index contributed by atoms with van der Waals surface area (Å²) in [4.78, 5) is 0. The number of epoxide rings is 1. The summed E-state index contributed by atoms with van der Waals surface area (Å²) in [7, 11) is 0. The van der Waals surface area contributed by atoms with E-state index in [4.69, 9.17) is 23.7 Å². The Bertz CT molecular complexity index is 1170. The zero-order valence-corrected chi connectivity index (χ0v) is 21.9. The summed E-state index contributed by atoms with van der Waals surface area (Å²) in [5.41, 5.74) is 4.42. The van der Waals surface area contributed by atoms with Crippen LogP contribution in [-0.2, 0) is 50.1 Å². The van der Waals surface area contributed by atoms with E-state index in [2.05, 4.69) is 48.5 Å². The van der Waals surface area contributed by atoms with Gasteiger partial charge in [0, 0.05) is 0 Å². The number of rotatable bonds is 12. The molecule has 2 fully saturated rings. The summed E-state index contributed by atoms with van der Waals surface area (Å²) < 4.78 is 32.6. The molecule has 0 bridgehead atoms. The number of hydrogen-bond acceptors (Lipinski definition) is 5. The van der Waals surface area contributed by atoms with E-state index in [0.717, 1.165) is 22.3 Å². The Morgan fingerprint density at radius 3 is 0.897 bits per heavy atom. The zero-order valence-electron chi connectivity index (χ0n) is 21.9. The van der Waals surface area contributed by atoms with Crippen molar-refractivity contribution in [3.05, 3.63) is 144 Å². The van der Waals surface area contributed by atoms with Crippen LogP contribution in [0, 0.1) is 0 Å². The van der Waals surface area contributed by atoms with Gasteiger partial charge in [0.2, 0.25) is 0 Å². The molecule has 0 N–H and O–H groups in total. The van der Waals surface area contributed by atoms with E-state index in [9.17, 15) is 0 Å². The van der Waals surface area contributed by atoms with E-state index in [1.807, 2.05) is 72.8 Å². The lowest BCUT2D eigenvalue weighted by Crippen LogP contribution is -2.57. The number of fused-ring (bicyclic) bond motifs is 1. The van der Waals surface area contributed by atoms with Crippen molar-refractivity contribution in [2.45, 2.75) is 63.1 Å². The van der Waals surface area contributed by atoms with Crippen LogP contribution in [0.4, 0.5) is 0 Å². The third-order valence-corrected chi connectivity index (χ3v) is 7.32. The summed E-state index contributed by atoms with van der Waals surface area (Å²) in [6, 6.07) is 40.8. The smallest absolute Gasteiger partial charge is 0.116 e. The Morgan fingerprint density at radius 1 is 0.359 bits per heavy atom. The quantitative estimate of drug-likeness (QED) is 0.210. The molecule has 200 valence electrons. The number of ether oxygens (including phenoxy) is 5. The molecule has 1 heterocycles. The molecule has 6 atom stereocenters. The normalized spacial score (nSPS) is 25.6. The highest BCUT2D eigenvalue weighted by Crippen LogP contribution is 2.43. The van der Waals surface area contributed by atoms with Gasteiger partial charge in [-0.05, 0) is 22.3 Å². The Balaban J connectivity index is 1.25. The van der Waals surface area contributed by atoms with Crippen LogP contribution in [-0.4, -0.2) is 36.6 Å².